The lowest BCUT2D eigenvalue weighted by molar-refractivity contribution is 0.520. The summed E-state index contributed by atoms with van der Waals surface area (Å²) >= 11 is 1.78. The van der Waals surface area contributed by atoms with Gasteiger partial charge in [-0.3, -0.25) is 11.3 Å². The molecular formula is C17H18N2S. The van der Waals surface area contributed by atoms with Gasteiger partial charge in [0.05, 0.1) is 0 Å². The van der Waals surface area contributed by atoms with Crippen LogP contribution in [0.5, 0.6) is 0 Å². The Morgan fingerprint density at radius 1 is 1.00 bits per heavy atom. The molecule has 102 valence electrons. The molecule has 1 aromatic heterocycles. The third-order valence-electron chi connectivity index (χ3n) is 3.65. The molecule has 2 nitrogen and oxygen atoms in total. The molecule has 3 aromatic rings. The van der Waals surface area contributed by atoms with Gasteiger partial charge in [0.2, 0.25) is 0 Å². The highest BCUT2D eigenvalue weighted by Crippen LogP contribution is 2.30. The zero-order valence-electron chi connectivity index (χ0n) is 11.3. The summed E-state index contributed by atoms with van der Waals surface area (Å²) < 4.78 is 1.34. The van der Waals surface area contributed by atoms with Gasteiger partial charge in [-0.05, 0) is 40.8 Å². The molecule has 0 aliphatic rings. The molecule has 0 saturated carbocycles. The Labute approximate surface area is 123 Å². The number of rotatable bonds is 5. The van der Waals surface area contributed by atoms with E-state index in [0.717, 1.165) is 12.8 Å². The third-order valence-corrected chi connectivity index (χ3v) is 4.63. The van der Waals surface area contributed by atoms with Crippen molar-refractivity contribution in [1.29, 1.82) is 0 Å². The largest absolute Gasteiger partial charge is 0.271 e. The summed E-state index contributed by atoms with van der Waals surface area (Å²) in [6.45, 7) is 0. The first-order valence-electron chi connectivity index (χ1n) is 6.84. The van der Waals surface area contributed by atoms with E-state index >= 15 is 0 Å². The van der Waals surface area contributed by atoms with Crippen molar-refractivity contribution in [3.63, 3.8) is 0 Å². The fourth-order valence-electron chi connectivity index (χ4n) is 2.57. The van der Waals surface area contributed by atoms with Crippen LogP contribution in [0, 0.1) is 0 Å². The van der Waals surface area contributed by atoms with Gasteiger partial charge in [-0.15, -0.1) is 11.3 Å². The maximum absolute atomic E-state index is 5.78. The van der Waals surface area contributed by atoms with E-state index in [9.17, 15) is 0 Å². The summed E-state index contributed by atoms with van der Waals surface area (Å²) in [6.07, 6.45) is 2.02. The topological polar surface area (TPSA) is 38.0 Å². The van der Waals surface area contributed by atoms with Crippen LogP contribution in [0.3, 0.4) is 0 Å². The van der Waals surface area contributed by atoms with Crippen LogP contribution in [0.4, 0.5) is 0 Å². The molecule has 20 heavy (non-hydrogen) atoms. The van der Waals surface area contributed by atoms with Crippen LogP contribution in [0.15, 0.2) is 60.0 Å². The number of aryl methyl sites for hydroxylation is 1. The monoisotopic (exact) mass is 282 g/mol. The van der Waals surface area contributed by atoms with Crippen molar-refractivity contribution in [2.24, 2.45) is 5.84 Å². The molecule has 0 radical (unpaired) electrons. The summed E-state index contributed by atoms with van der Waals surface area (Å²) in [5, 5.41) is 3.44. The van der Waals surface area contributed by atoms with E-state index in [1.165, 1.54) is 21.2 Å². The van der Waals surface area contributed by atoms with Gasteiger partial charge in [0.1, 0.15) is 0 Å². The Kier molecular flexibility index (Phi) is 4.11. The minimum Gasteiger partial charge on any atom is -0.271 e. The van der Waals surface area contributed by atoms with Crippen LogP contribution < -0.4 is 11.3 Å². The van der Waals surface area contributed by atoms with Crippen LogP contribution in [0.25, 0.3) is 10.1 Å². The van der Waals surface area contributed by atoms with Crippen LogP contribution >= 0.6 is 11.3 Å². The number of nitrogens with two attached hydrogens (primary N) is 1. The predicted molar refractivity (Wildman–Crippen MR) is 86.7 cm³/mol. The molecule has 0 amide bonds. The molecular weight excluding hydrogens is 264 g/mol. The Hall–Kier alpha value is -1.68. The summed E-state index contributed by atoms with van der Waals surface area (Å²) in [7, 11) is 0. The lowest BCUT2D eigenvalue weighted by Gasteiger charge is -2.17. The Morgan fingerprint density at radius 3 is 2.65 bits per heavy atom. The molecule has 0 fully saturated rings. The second kappa shape index (κ2) is 6.18. The van der Waals surface area contributed by atoms with Crippen LogP contribution in [0.1, 0.15) is 23.6 Å². The number of thiophene rings is 1. The van der Waals surface area contributed by atoms with E-state index < -0.39 is 0 Å². The molecule has 1 atom stereocenters. The van der Waals surface area contributed by atoms with E-state index in [4.69, 9.17) is 5.84 Å². The van der Waals surface area contributed by atoms with E-state index in [0.29, 0.717) is 0 Å². The molecule has 3 N–H and O–H groups in total. The smallest absolute Gasteiger partial charge is 0.0477 e. The SMILES string of the molecule is NNC(CCc1ccccc1)c1cccc2ccsc12. The molecule has 0 aliphatic heterocycles. The third kappa shape index (κ3) is 2.75. The van der Waals surface area contributed by atoms with Crippen molar-refractivity contribution < 1.29 is 0 Å². The fourth-order valence-corrected chi connectivity index (χ4v) is 3.54. The summed E-state index contributed by atoms with van der Waals surface area (Å²) in [4.78, 5) is 0. The highest BCUT2D eigenvalue weighted by atomic mass is 32.1. The first-order valence-corrected chi connectivity index (χ1v) is 7.72. The molecule has 0 saturated heterocycles. The van der Waals surface area contributed by atoms with Gasteiger partial charge >= 0.3 is 0 Å². The van der Waals surface area contributed by atoms with E-state index in [-0.39, 0.29) is 6.04 Å². The van der Waals surface area contributed by atoms with Crippen molar-refractivity contribution in [1.82, 2.24) is 5.43 Å². The average molecular weight is 282 g/mol. The standard InChI is InChI=1S/C17H18N2S/c18-19-16(10-9-13-5-2-1-3-6-13)15-8-4-7-14-11-12-20-17(14)15/h1-8,11-12,16,19H,9-10,18H2. The molecule has 2 aromatic carbocycles. The van der Waals surface area contributed by atoms with Crippen LogP contribution in [-0.4, -0.2) is 0 Å². The van der Waals surface area contributed by atoms with Gasteiger partial charge in [0, 0.05) is 10.7 Å². The van der Waals surface area contributed by atoms with E-state index in [2.05, 4.69) is 65.4 Å². The predicted octanol–water partition coefficient (Wildman–Crippen LogP) is 4.04. The summed E-state index contributed by atoms with van der Waals surface area (Å²) in [5.74, 6) is 5.78. The van der Waals surface area contributed by atoms with Crippen molar-refractivity contribution >= 4 is 21.4 Å². The minimum atomic E-state index is 0.192. The van der Waals surface area contributed by atoms with Crippen molar-refractivity contribution in [2.75, 3.05) is 0 Å². The lowest BCUT2D eigenvalue weighted by atomic mass is 9.98. The number of hydrazine groups is 1. The molecule has 0 spiro atoms. The first-order chi connectivity index (χ1) is 9.88. The summed E-state index contributed by atoms with van der Waals surface area (Å²) in [5.41, 5.74) is 5.63. The Bertz CT molecular complexity index is 676. The molecule has 1 unspecified atom stereocenters. The lowest BCUT2D eigenvalue weighted by Crippen LogP contribution is -2.28. The second-order valence-corrected chi connectivity index (χ2v) is 5.85. The van der Waals surface area contributed by atoms with Gasteiger partial charge in [-0.2, -0.15) is 0 Å². The van der Waals surface area contributed by atoms with E-state index in [1.54, 1.807) is 11.3 Å². The zero-order chi connectivity index (χ0) is 13.8. The van der Waals surface area contributed by atoms with Crippen LogP contribution in [-0.2, 0) is 6.42 Å². The van der Waals surface area contributed by atoms with Crippen LogP contribution in [0.2, 0.25) is 0 Å². The Balaban J connectivity index is 1.81. The molecule has 3 rings (SSSR count). The normalized spacial score (nSPS) is 12.7. The van der Waals surface area contributed by atoms with Gasteiger partial charge in [0.25, 0.3) is 0 Å². The minimum absolute atomic E-state index is 0.192. The molecule has 1 heterocycles. The quantitative estimate of drug-likeness (QED) is 0.547. The van der Waals surface area contributed by atoms with Crippen molar-refractivity contribution in [2.45, 2.75) is 18.9 Å². The van der Waals surface area contributed by atoms with Gasteiger partial charge in [0.15, 0.2) is 0 Å². The molecule has 0 aliphatic carbocycles. The molecule has 0 bridgehead atoms. The van der Waals surface area contributed by atoms with Gasteiger partial charge in [-0.25, -0.2) is 0 Å². The first kappa shape index (κ1) is 13.3. The highest BCUT2D eigenvalue weighted by molar-refractivity contribution is 7.17. The van der Waals surface area contributed by atoms with Gasteiger partial charge in [-0.1, -0.05) is 48.5 Å². The zero-order valence-corrected chi connectivity index (χ0v) is 12.1. The number of benzene rings is 2. The molecule has 3 heteroatoms. The maximum Gasteiger partial charge on any atom is 0.0477 e. The number of fused-ring (bicyclic) bond motifs is 1. The fraction of sp³-hybridized carbons (Fsp3) is 0.176. The van der Waals surface area contributed by atoms with Gasteiger partial charge < -0.3 is 0 Å². The second-order valence-electron chi connectivity index (χ2n) is 4.93. The highest BCUT2D eigenvalue weighted by Gasteiger charge is 2.13. The van der Waals surface area contributed by atoms with Crippen molar-refractivity contribution in [3.8, 4) is 0 Å². The van der Waals surface area contributed by atoms with E-state index in [1.807, 2.05) is 0 Å². The Morgan fingerprint density at radius 2 is 1.85 bits per heavy atom. The maximum atomic E-state index is 5.78. The number of hydrogen-bond donors (Lipinski definition) is 2. The summed E-state index contributed by atoms with van der Waals surface area (Å²) in [6, 6.07) is 19.3. The number of nitrogens with one attached hydrogen (secondary N) is 1. The number of hydrogen-bond acceptors (Lipinski definition) is 3. The van der Waals surface area contributed by atoms with Crippen molar-refractivity contribution in [3.05, 3.63) is 71.1 Å². The average Bonchev–Trinajstić information content (AvgIpc) is 2.98.